The van der Waals surface area contributed by atoms with Gasteiger partial charge in [0.25, 0.3) is 5.56 Å². The molecular formula is C20H19ClN2O3S. The molecule has 1 aliphatic rings. The Morgan fingerprint density at radius 3 is 2.96 bits per heavy atom. The normalized spacial score (nSPS) is 16.7. The molecule has 3 aromatic rings. The fraction of sp³-hybridized carbons (Fsp3) is 0.300. The van der Waals surface area contributed by atoms with Crippen molar-refractivity contribution in [2.45, 2.75) is 24.1 Å². The summed E-state index contributed by atoms with van der Waals surface area (Å²) in [7, 11) is 1.59. The average molecular weight is 403 g/mol. The van der Waals surface area contributed by atoms with Crippen LogP contribution in [-0.4, -0.2) is 35.1 Å². The zero-order valence-corrected chi connectivity index (χ0v) is 16.4. The number of rotatable bonds is 5. The Kier molecular flexibility index (Phi) is 5.38. The van der Waals surface area contributed by atoms with Gasteiger partial charge < -0.3 is 9.47 Å². The van der Waals surface area contributed by atoms with E-state index in [1.807, 2.05) is 24.3 Å². The van der Waals surface area contributed by atoms with E-state index in [9.17, 15) is 4.79 Å². The van der Waals surface area contributed by atoms with Crippen molar-refractivity contribution in [1.82, 2.24) is 9.55 Å². The Morgan fingerprint density at radius 2 is 2.19 bits per heavy atom. The van der Waals surface area contributed by atoms with Gasteiger partial charge in [0.05, 0.1) is 29.8 Å². The maximum Gasteiger partial charge on any atom is 0.266 e. The molecule has 0 unspecified atom stereocenters. The molecule has 4 rings (SSSR count). The Hall–Kier alpha value is -2.02. The first-order valence-electron chi connectivity index (χ1n) is 8.77. The summed E-state index contributed by atoms with van der Waals surface area (Å²) < 4.78 is 12.8. The van der Waals surface area contributed by atoms with E-state index in [1.165, 1.54) is 11.8 Å². The highest BCUT2D eigenvalue weighted by molar-refractivity contribution is 7.99. The summed E-state index contributed by atoms with van der Waals surface area (Å²) in [5.41, 5.74) is 1.12. The number of ether oxygens (including phenoxy) is 2. The largest absolute Gasteiger partial charge is 0.495 e. The predicted octanol–water partition coefficient (Wildman–Crippen LogP) is 4.32. The third-order valence-corrected chi connectivity index (χ3v) is 5.85. The molecule has 0 N–H and O–H groups in total. The van der Waals surface area contributed by atoms with Gasteiger partial charge in [-0.1, -0.05) is 35.5 Å². The molecule has 140 valence electrons. The van der Waals surface area contributed by atoms with Crippen LogP contribution in [0.25, 0.3) is 16.6 Å². The first-order valence-corrected chi connectivity index (χ1v) is 10.1. The topological polar surface area (TPSA) is 53.4 Å². The highest BCUT2D eigenvalue weighted by Crippen LogP contribution is 2.29. The van der Waals surface area contributed by atoms with E-state index in [0.717, 1.165) is 25.2 Å². The van der Waals surface area contributed by atoms with Gasteiger partial charge in [-0.3, -0.25) is 9.36 Å². The monoisotopic (exact) mass is 402 g/mol. The summed E-state index contributed by atoms with van der Waals surface area (Å²) >= 11 is 7.63. The van der Waals surface area contributed by atoms with Gasteiger partial charge >= 0.3 is 0 Å². The Labute approximate surface area is 166 Å². The molecule has 27 heavy (non-hydrogen) atoms. The number of para-hydroxylation sites is 2. The van der Waals surface area contributed by atoms with E-state index in [2.05, 4.69) is 0 Å². The van der Waals surface area contributed by atoms with E-state index in [0.29, 0.717) is 32.5 Å². The minimum atomic E-state index is -0.143. The highest BCUT2D eigenvalue weighted by atomic mass is 35.5. The highest BCUT2D eigenvalue weighted by Gasteiger charge is 2.20. The fourth-order valence-corrected chi connectivity index (χ4v) is 4.44. The lowest BCUT2D eigenvalue weighted by atomic mass is 10.2. The van der Waals surface area contributed by atoms with Gasteiger partial charge in [0.1, 0.15) is 5.75 Å². The molecule has 1 aliphatic heterocycles. The number of aromatic nitrogens is 2. The third kappa shape index (κ3) is 3.70. The molecule has 1 saturated heterocycles. The number of hydrogen-bond donors (Lipinski definition) is 0. The molecular weight excluding hydrogens is 384 g/mol. The molecule has 1 atom stereocenters. The SMILES string of the molecule is COc1ccccc1-n1c(SC[C@H]2CCCO2)nc2cc(Cl)ccc2c1=O. The van der Waals surface area contributed by atoms with Crippen molar-refractivity contribution < 1.29 is 9.47 Å². The molecule has 0 bridgehead atoms. The van der Waals surface area contributed by atoms with Gasteiger partial charge in [-0.2, -0.15) is 0 Å². The van der Waals surface area contributed by atoms with Crippen LogP contribution in [-0.2, 0) is 4.74 Å². The summed E-state index contributed by atoms with van der Waals surface area (Å²) in [6.07, 6.45) is 2.30. The summed E-state index contributed by atoms with van der Waals surface area (Å²) in [5.74, 6) is 1.36. The minimum absolute atomic E-state index is 0.143. The third-order valence-electron chi connectivity index (χ3n) is 4.55. The molecule has 0 aliphatic carbocycles. The van der Waals surface area contributed by atoms with E-state index < -0.39 is 0 Å². The first-order chi connectivity index (χ1) is 13.2. The van der Waals surface area contributed by atoms with Gasteiger partial charge in [-0.05, 0) is 43.2 Å². The van der Waals surface area contributed by atoms with Crippen LogP contribution in [0, 0.1) is 0 Å². The zero-order chi connectivity index (χ0) is 18.8. The quantitative estimate of drug-likeness (QED) is 0.470. The molecule has 2 heterocycles. The van der Waals surface area contributed by atoms with Crippen molar-refractivity contribution in [2.75, 3.05) is 19.5 Å². The second kappa shape index (κ2) is 7.92. The Balaban J connectivity index is 1.88. The molecule has 0 saturated carbocycles. The Bertz CT molecular complexity index is 1030. The van der Waals surface area contributed by atoms with E-state index in [4.69, 9.17) is 26.1 Å². The second-order valence-electron chi connectivity index (χ2n) is 6.31. The summed E-state index contributed by atoms with van der Waals surface area (Å²) in [5, 5.41) is 1.68. The zero-order valence-electron chi connectivity index (χ0n) is 14.9. The van der Waals surface area contributed by atoms with Crippen LogP contribution < -0.4 is 10.3 Å². The maximum atomic E-state index is 13.3. The van der Waals surface area contributed by atoms with Crippen molar-refractivity contribution in [3.63, 3.8) is 0 Å². The summed E-state index contributed by atoms with van der Waals surface area (Å²) in [6, 6.07) is 12.6. The van der Waals surface area contributed by atoms with Crippen molar-refractivity contribution >= 4 is 34.3 Å². The second-order valence-corrected chi connectivity index (χ2v) is 7.74. The number of fused-ring (bicyclic) bond motifs is 1. The lowest BCUT2D eigenvalue weighted by Crippen LogP contribution is -2.23. The fourth-order valence-electron chi connectivity index (χ4n) is 3.21. The lowest BCUT2D eigenvalue weighted by molar-refractivity contribution is 0.129. The smallest absolute Gasteiger partial charge is 0.266 e. The van der Waals surface area contributed by atoms with Gasteiger partial charge in [-0.15, -0.1) is 0 Å². The molecule has 7 heteroatoms. The van der Waals surface area contributed by atoms with E-state index >= 15 is 0 Å². The number of thioether (sulfide) groups is 1. The number of nitrogens with zero attached hydrogens (tertiary/aromatic N) is 2. The van der Waals surface area contributed by atoms with Crippen molar-refractivity contribution in [1.29, 1.82) is 0 Å². The first kappa shape index (κ1) is 18.3. The minimum Gasteiger partial charge on any atom is -0.495 e. The van der Waals surface area contributed by atoms with E-state index in [-0.39, 0.29) is 11.7 Å². The lowest BCUT2D eigenvalue weighted by Gasteiger charge is -2.16. The van der Waals surface area contributed by atoms with Crippen molar-refractivity contribution in [3.05, 3.63) is 57.8 Å². The van der Waals surface area contributed by atoms with Crippen LogP contribution in [0.4, 0.5) is 0 Å². The number of halogens is 1. The van der Waals surface area contributed by atoms with Gasteiger partial charge in [0.2, 0.25) is 0 Å². The summed E-state index contributed by atoms with van der Waals surface area (Å²) in [4.78, 5) is 18.0. The van der Waals surface area contributed by atoms with Crippen molar-refractivity contribution in [2.24, 2.45) is 0 Å². The Morgan fingerprint density at radius 1 is 1.33 bits per heavy atom. The molecule has 0 radical (unpaired) electrons. The van der Waals surface area contributed by atoms with E-state index in [1.54, 1.807) is 29.9 Å². The van der Waals surface area contributed by atoms with Crippen LogP contribution >= 0.6 is 23.4 Å². The van der Waals surface area contributed by atoms with Crippen molar-refractivity contribution in [3.8, 4) is 11.4 Å². The molecule has 5 nitrogen and oxygen atoms in total. The van der Waals surface area contributed by atoms with Crippen LogP contribution in [0.1, 0.15) is 12.8 Å². The number of benzene rings is 2. The van der Waals surface area contributed by atoms with Gasteiger partial charge in [0, 0.05) is 17.4 Å². The molecule has 1 aromatic heterocycles. The molecule has 0 amide bonds. The number of methoxy groups -OCH3 is 1. The summed E-state index contributed by atoms with van der Waals surface area (Å²) in [6.45, 7) is 0.797. The predicted molar refractivity (Wildman–Crippen MR) is 109 cm³/mol. The van der Waals surface area contributed by atoms with Crippen LogP contribution in [0.5, 0.6) is 5.75 Å². The van der Waals surface area contributed by atoms with Crippen LogP contribution in [0.15, 0.2) is 52.4 Å². The van der Waals surface area contributed by atoms with Gasteiger partial charge in [0.15, 0.2) is 5.16 Å². The van der Waals surface area contributed by atoms with Crippen LogP contribution in [0.2, 0.25) is 5.02 Å². The number of hydrogen-bond acceptors (Lipinski definition) is 5. The van der Waals surface area contributed by atoms with Crippen LogP contribution in [0.3, 0.4) is 0 Å². The molecule has 1 fully saturated rings. The standard InChI is InChI=1S/C20H19ClN2O3S/c1-25-18-7-3-2-6-17(18)23-19(24)15-9-8-13(21)11-16(15)22-20(23)27-12-14-5-4-10-26-14/h2-3,6-9,11,14H,4-5,10,12H2,1H3/t14-/m1/s1. The maximum absolute atomic E-state index is 13.3. The molecule has 2 aromatic carbocycles. The average Bonchev–Trinajstić information content (AvgIpc) is 3.20. The molecule has 0 spiro atoms. The van der Waals surface area contributed by atoms with Gasteiger partial charge in [-0.25, -0.2) is 4.98 Å².